The van der Waals surface area contributed by atoms with Gasteiger partial charge in [0.15, 0.2) is 6.29 Å². The van der Waals surface area contributed by atoms with Crippen molar-refractivity contribution in [1.29, 1.82) is 0 Å². The predicted octanol–water partition coefficient (Wildman–Crippen LogP) is 4.19. The van der Waals surface area contributed by atoms with Gasteiger partial charge < -0.3 is 9.47 Å². The standard InChI is InChI=1S/C17H18O2S/c1-2-9-16-14(7-1)13-15(20-16)8-3-5-11-18-17-10-4-6-12-19-17/h1-2,7,9,13,17H,4-6,10-12H2. The van der Waals surface area contributed by atoms with Crippen LogP contribution in [0.1, 0.15) is 30.6 Å². The predicted molar refractivity (Wildman–Crippen MR) is 82.9 cm³/mol. The lowest BCUT2D eigenvalue weighted by molar-refractivity contribution is -0.161. The molecule has 0 bridgehead atoms. The number of rotatable bonds is 3. The molecule has 1 aliphatic heterocycles. The minimum atomic E-state index is -0.00474. The highest BCUT2D eigenvalue weighted by Gasteiger charge is 2.12. The minimum absolute atomic E-state index is 0.00474. The van der Waals surface area contributed by atoms with E-state index in [-0.39, 0.29) is 6.29 Å². The second-order valence-corrected chi connectivity index (χ2v) is 5.95. The van der Waals surface area contributed by atoms with E-state index in [1.165, 1.54) is 16.5 Å². The second kappa shape index (κ2) is 6.90. The summed E-state index contributed by atoms with van der Waals surface area (Å²) in [5, 5.41) is 1.27. The van der Waals surface area contributed by atoms with E-state index < -0.39 is 0 Å². The van der Waals surface area contributed by atoms with Crippen LogP contribution < -0.4 is 0 Å². The van der Waals surface area contributed by atoms with Gasteiger partial charge >= 0.3 is 0 Å². The van der Waals surface area contributed by atoms with Gasteiger partial charge in [-0.15, -0.1) is 11.3 Å². The Morgan fingerprint density at radius 1 is 1.30 bits per heavy atom. The smallest absolute Gasteiger partial charge is 0.157 e. The number of benzene rings is 1. The largest absolute Gasteiger partial charge is 0.353 e. The Bertz CT molecular complexity index is 581. The Labute approximate surface area is 123 Å². The Morgan fingerprint density at radius 3 is 3.10 bits per heavy atom. The van der Waals surface area contributed by atoms with Crippen LogP contribution in [0.4, 0.5) is 0 Å². The van der Waals surface area contributed by atoms with Gasteiger partial charge in [-0.25, -0.2) is 0 Å². The molecule has 1 atom stereocenters. The van der Waals surface area contributed by atoms with Gasteiger partial charge in [-0.2, -0.15) is 0 Å². The van der Waals surface area contributed by atoms with Gasteiger partial charge in [0, 0.05) is 17.7 Å². The summed E-state index contributed by atoms with van der Waals surface area (Å²) in [6.45, 7) is 1.49. The zero-order valence-corrected chi connectivity index (χ0v) is 12.2. The summed E-state index contributed by atoms with van der Waals surface area (Å²) in [7, 11) is 0. The fourth-order valence-corrected chi connectivity index (χ4v) is 3.21. The van der Waals surface area contributed by atoms with Crippen molar-refractivity contribution < 1.29 is 9.47 Å². The molecule has 0 N–H and O–H groups in total. The first-order valence-corrected chi connectivity index (χ1v) is 7.94. The third-order valence-corrected chi connectivity index (χ3v) is 4.34. The molecule has 1 aromatic carbocycles. The van der Waals surface area contributed by atoms with Gasteiger partial charge in [0.25, 0.3) is 0 Å². The first-order chi connectivity index (χ1) is 9.92. The van der Waals surface area contributed by atoms with Crippen molar-refractivity contribution in [2.24, 2.45) is 0 Å². The quantitative estimate of drug-likeness (QED) is 0.622. The molecule has 2 aromatic rings. The number of fused-ring (bicyclic) bond motifs is 1. The van der Waals surface area contributed by atoms with E-state index in [2.05, 4.69) is 42.2 Å². The van der Waals surface area contributed by atoms with Crippen LogP contribution in [0.15, 0.2) is 30.3 Å². The van der Waals surface area contributed by atoms with E-state index in [9.17, 15) is 0 Å². The van der Waals surface area contributed by atoms with E-state index in [0.717, 1.165) is 30.7 Å². The zero-order valence-electron chi connectivity index (χ0n) is 11.4. The number of hydrogen-bond acceptors (Lipinski definition) is 3. The number of hydrogen-bond donors (Lipinski definition) is 0. The molecule has 2 heterocycles. The number of ether oxygens (including phenoxy) is 2. The molecule has 20 heavy (non-hydrogen) atoms. The highest BCUT2D eigenvalue weighted by molar-refractivity contribution is 7.19. The lowest BCUT2D eigenvalue weighted by Crippen LogP contribution is -2.22. The van der Waals surface area contributed by atoms with Gasteiger partial charge in [0.2, 0.25) is 0 Å². The van der Waals surface area contributed by atoms with Crippen LogP contribution in [0.25, 0.3) is 10.1 Å². The molecule has 1 unspecified atom stereocenters. The summed E-state index contributed by atoms with van der Waals surface area (Å²) in [4.78, 5) is 1.13. The SMILES string of the molecule is C(#Cc1cc2ccccc2s1)CCOC1CCCCO1. The molecule has 3 rings (SSSR count). The summed E-state index contributed by atoms with van der Waals surface area (Å²) in [6.07, 6.45) is 4.14. The van der Waals surface area contributed by atoms with E-state index in [0.29, 0.717) is 6.61 Å². The first-order valence-electron chi connectivity index (χ1n) is 7.12. The lowest BCUT2D eigenvalue weighted by atomic mass is 10.2. The molecule has 3 heteroatoms. The fourth-order valence-electron chi connectivity index (χ4n) is 2.28. The van der Waals surface area contributed by atoms with Crippen LogP contribution in [0, 0.1) is 11.8 Å². The maximum atomic E-state index is 5.66. The monoisotopic (exact) mass is 286 g/mol. The van der Waals surface area contributed by atoms with Crippen molar-refractivity contribution in [1.82, 2.24) is 0 Å². The maximum absolute atomic E-state index is 5.66. The molecule has 1 aliphatic rings. The highest BCUT2D eigenvalue weighted by atomic mass is 32.1. The van der Waals surface area contributed by atoms with E-state index in [1.807, 2.05) is 0 Å². The molecule has 2 nitrogen and oxygen atoms in total. The molecule has 104 valence electrons. The van der Waals surface area contributed by atoms with Crippen molar-refractivity contribution in [3.63, 3.8) is 0 Å². The van der Waals surface area contributed by atoms with Gasteiger partial charge in [0.1, 0.15) is 0 Å². The van der Waals surface area contributed by atoms with Gasteiger partial charge in [-0.3, -0.25) is 0 Å². The third kappa shape index (κ3) is 3.61. The Kier molecular flexibility index (Phi) is 4.70. The fraction of sp³-hybridized carbons (Fsp3) is 0.412. The molecule has 0 spiro atoms. The molecule has 0 amide bonds. The topological polar surface area (TPSA) is 18.5 Å². The van der Waals surface area contributed by atoms with Gasteiger partial charge in [0.05, 0.1) is 11.5 Å². The Balaban J connectivity index is 1.48. The summed E-state index contributed by atoms with van der Waals surface area (Å²) >= 11 is 1.74. The zero-order chi connectivity index (χ0) is 13.6. The van der Waals surface area contributed by atoms with E-state index >= 15 is 0 Å². The summed E-state index contributed by atoms with van der Waals surface area (Å²) < 4.78 is 12.5. The number of thiophene rings is 1. The summed E-state index contributed by atoms with van der Waals surface area (Å²) in [5.41, 5.74) is 0. The normalized spacial score (nSPS) is 18.7. The Hall–Kier alpha value is -1.34. The summed E-state index contributed by atoms with van der Waals surface area (Å²) in [6, 6.07) is 10.5. The van der Waals surface area contributed by atoms with Crippen molar-refractivity contribution >= 4 is 21.4 Å². The van der Waals surface area contributed by atoms with Crippen molar-refractivity contribution in [2.75, 3.05) is 13.2 Å². The molecule has 0 saturated carbocycles. The highest BCUT2D eigenvalue weighted by Crippen LogP contribution is 2.24. The lowest BCUT2D eigenvalue weighted by Gasteiger charge is -2.22. The average molecular weight is 286 g/mol. The van der Waals surface area contributed by atoms with E-state index in [4.69, 9.17) is 9.47 Å². The molecule has 1 fully saturated rings. The second-order valence-electron chi connectivity index (χ2n) is 4.87. The molecule has 1 saturated heterocycles. The van der Waals surface area contributed by atoms with Crippen LogP contribution in [0.3, 0.4) is 0 Å². The van der Waals surface area contributed by atoms with Crippen molar-refractivity contribution in [3.05, 3.63) is 35.2 Å². The van der Waals surface area contributed by atoms with Crippen LogP contribution >= 0.6 is 11.3 Å². The van der Waals surface area contributed by atoms with Gasteiger partial charge in [-0.1, -0.05) is 30.0 Å². The maximum Gasteiger partial charge on any atom is 0.157 e. The third-order valence-electron chi connectivity index (χ3n) is 3.31. The van der Waals surface area contributed by atoms with Crippen LogP contribution in [0.5, 0.6) is 0 Å². The molecular formula is C17H18O2S. The molecular weight excluding hydrogens is 268 g/mol. The average Bonchev–Trinajstić information content (AvgIpc) is 2.90. The van der Waals surface area contributed by atoms with Crippen molar-refractivity contribution in [3.8, 4) is 11.8 Å². The molecule has 0 aliphatic carbocycles. The Morgan fingerprint density at radius 2 is 2.25 bits per heavy atom. The van der Waals surface area contributed by atoms with Crippen LogP contribution in [0.2, 0.25) is 0 Å². The van der Waals surface area contributed by atoms with E-state index in [1.54, 1.807) is 11.3 Å². The van der Waals surface area contributed by atoms with Crippen LogP contribution in [-0.4, -0.2) is 19.5 Å². The molecule has 1 aromatic heterocycles. The van der Waals surface area contributed by atoms with Gasteiger partial charge in [-0.05, 0) is 36.8 Å². The first kappa shape index (κ1) is 13.6. The molecule has 0 radical (unpaired) electrons. The van der Waals surface area contributed by atoms with Crippen molar-refractivity contribution in [2.45, 2.75) is 32.0 Å². The summed E-state index contributed by atoms with van der Waals surface area (Å²) in [5.74, 6) is 6.40. The van der Waals surface area contributed by atoms with Crippen LogP contribution in [-0.2, 0) is 9.47 Å². The minimum Gasteiger partial charge on any atom is -0.353 e.